The molecule has 0 spiro atoms. The van der Waals surface area contributed by atoms with Crippen molar-refractivity contribution in [1.29, 1.82) is 0 Å². The smallest absolute Gasteiger partial charge is 0.253 e. The third-order valence-corrected chi connectivity index (χ3v) is 4.88. The number of tetrazole rings is 1. The molecular formula is C15H14ClN5OS. The molecule has 0 aliphatic carbocycles. The standard InChI is InChI=1S/C15H14ClN5OS/c1-15(2,13-4-3-7-23-13)18-14(22)11-6-5-10(8-12(11)16)21-9-17-19-20-21/h3-9H,1-2H3,(H,18,22). The van der Waals surface area contributed by atoms with Crippen LogP contribution < -0.4 is 5.32 Å². The van der Waals surface area contributed by atoms with Crippen molar-refractivity contribution < 1.29 is 4.79 Å². The van der Waals surface area contributed by atoms with E-state index in [-0.39, 0.29) is 5.91 Å². The van der Waals surface area contributed by atoms with Crippen LogP contribution in [0.1, 0.15) is 29.1 Å². The van der Waals surface area contributed by atoms with E-state index in [0.717, 1.165) is 4.88 Å². The number of aromatic nitrogens is 4. The number of nitrogens with one attached hydrogen (secondary N) is 1. The maximum Gasteiger partial charge on any atom is 0.253 e. The number of hydrogen-bond acceptors (Lipinski definition) is 5. The minimum atomic E-state index is -0.469. The van der Waals surface area contributed by atoms with Crippen molar-refractivity contribution in [2.24, 2.45) is 0 Å². The normalized spacial score (nSPS) is 11.4. The molecule has 23 heavy (non-hydrogen) atoms. The van der Waals surface area contributed by atoms with Crippen molar-refractivity contribution >= 4 is 28.8 Å². The molecule has 2 aromatic heterocycles. The summed E-state index contributed by atoms with van der Waals surface area (Å²) in [5, 5.41) is 16.3. The second kappa shape index (κ2) is 6.10. The molecule has 6 nitrogen and oxygen atoms in total. The first-order valence-electron chi connectivity index (χ1n) is 6.87. The maximum atomic E-state index is 12.5. The van der Waals surface area contributed by atoms with Crippen LogP contribution in [0.15, 0.2) is 42.0 Å². The number of thiophene rings is 1. The lowest BCUT2D eigenvalue weighted by molar-refractivity contribution is 0.0913. The minimum Gasteiger partial charge on any atom is -0.342 e. The van der Waals surface area contributed by atoms with Gasteiger partial charge in [0.2, 0.25) is 0 Å². The van der Waals surface area contributed by atoms with Gasteiger partial charge in [0.15, 0.2) is 0 Å². The summed E-state index contributed by atoms with van der Waals surface area (Å²) < 4.78 is 1.48. The lowest BCUT2D eigenvalue weighted by Crippen LogP contribution is -2.40. The molecule has 0 radical (unpaired) electrons. The summed E-state index contributed by atoms with van der Waals surface area (Å²) in [6, 6.07) is 9.02. The van der Waals surface area contributed by atoms with Crippen molar-refractivity contribution in [3.63, 3.8) is 0 Å². The largest absolute Gasteiger partial charge is 0.342 e. The van der Waals surface area contributed by atoms with E-state index in [1.807, 2.05) is 31.4 Å². The molecule has 0 atom stereocenters. The second-order valence-electron chi connectivity index (χ2n) is 5.47. The van der Waals surface area contributed by atoms with Crippen LogP contribution in [0.3, 0.4) is 0 Å². The van der Waals surface area contributed by atoms with E-state index >= 15 is 0 Å². The number of carbonyl (C=O) groups is 1. The Bertz CT molecular complexity index is 815. The number of benzene rings is 1. The number of rotatable bonds is 4. The van der Waals surface area contributed by atoms with Gasteiger partial charge in [0.1, 0.15) is 6.33 Å². The third kappa shape index (κ3) is 3.25. The monoisotopic (exact) mass is 347 g/mol. The first-order valence-corrected chi connectivity index (χ1v) is 8.12. The fourth-order valence-corrected chi connectivity index (χ4v) is 3.22. The molecular weight excluding hydrogens is 334 g/mol. The van der Waals surface area contributed by atoms with E-state index in [0.29, 0.717) is 16.3 Å². The minimum absolute atomic E-state index is 0.225. The van der Waals surface area contributed by atoms with Gasteiger partial charge in [-0.15, -0.1) is 16.4 Å². The second-order valence-corrected chi connectivity index (χ2v) is 6.83. The number of hydrogen-bond donors (Lipinski definition) is 1. The third-order valence-electron chi connectivity index (χ3n) is 3.37. The van der Waals surface area contributed by atoms with Crippen LogP contribution in [0.2, 0.25) is 5.02 Å². The number of carbonyl (C=O) groups excluding carboxylic acids is 1. The molecule has 0 bridgehead atoms. The Labute approximate surface area is 142 Å². The van der Waals surface area contributed by atoms with Gasteiger partial charge in [0, 0.05) is 4.88 Å². The highest BCUT2D eigenvalue weighted by atomic mass is 35.5. The molecule has 1 amide bonds. The Morgan fingerprint density at radius 3 is 2.78 bits per heavy atom. The van der Waals surface area contributed by atoms with Crippen LogP contribution in [-0.4, -0.2) is 26.1 Å². The molecule has 1 aromatic carbocycles. The Hall–Kier alpha value is -2.25. The van der Waals surface area contributed by atoms with Gasteiger partial charge in [-0.3, -0.25) is 4.79 Å². The van der Waals surface area contributed by atoms with Crippen molar-refractivity contribution in [2.45, 2.75) is 19.4 Å². The van der Waals surface area contributed by atoms with E-state index in [9.17, 15) is 4.79 Å². The molecule has 0 unspecified atom stereocenters. The van der Waals surface area contributed by atoms with Gasteiger partial charge in [0.25, 0.3) is 5.91 Å². The maximum absolute atomic E-state index is 12.5. The van der Waals surface area contributed by atoms with Crippen molar-refractivity contribution in [2.75, 3.05) is 0 Å². The summed E-state index contributed by atoms with van der Waals surface area (Å²) >= 11 is 7.85. The fraction of sp³-hybridized carbons (Fsp3) is 0.200. The van der Waals surface area contributed by atoms with Gasteiger partial charge < -0.3 is 5.32 Å². The van der Waals surface area contributed by atoms with Crippen LogP contribution in [0.4, 0.5) is 0 Å². The highest BCUT2D eigenvalue weighted by molar-refractivity contribution is 7.10. The number of nitrogens with zero attached hydrogens (tertiary/aromatic N) is 4. The quantitative estimate of drug-likeness (QED) is 0.787. The van der Waals surface area contributed by atoms with E-state index in [2.05, 4.69) is 20.8 Å². The molecule has 0 saturated carbocycles. The highest BCUT2D eigenvalue weighted by Gasteiger charge is 2.25. The molecule has 3 aromatic rings. The van der Waals surface area contributed by atoms with Crippen LogP contribution >= 0.6 is 22.9 Å². The molecule has 8 heteroatoms. The zero-order chi connectivity index (χ0) is 16.4. The molecule has 0 aliphatic heterocycles. The lowest BCUT2D eigenvalue weighted by Gasteiger charge is -2.25. The Morgan fingerprint density at radius 2 is 2.17 bits per heavy atom. The average Bonchev–Trinajstić information content (AvgIpc) is 3.20. The summed E-state index contributed by atoms with van der Waals surface area (Å²) in [6.45, 7) is 3.92. The SMILES string of the molecule is CC(C)(NC(=O)c1ccc(-n2cnnn2)cc1Cl)c1cccs1. The molecule has 2 heterocycles. The zero-order valence-electron chi connectivity index (χ0n) is 12.5. The fourth-order valence-electron chi connectivity index (χ4n) is 2.16. The van der Waals surface area contributed by atoms with Gasteiger partial charge in [-0.2, -0.15) is 0 Å². The Kier molecular flexibility index (Phi) is 4.14. The Balaban J connectivity index is 1.83. The number of halogens is 1. The van der Waals surface area contributed by atoms with Crippen LogP contribution in [-0.2, 0) is 5.54 Å². The Morgan fingerprint density at radius 1 is 1.35 bits per heavy atom. The van der Waals surface area contributed by atoms with Gasteiger partial charge in [-0.25, -0.2) is 4.68 Å². The molecule has 1 N–H and O–H groups in total. The van der Waals surface area contributed by atoms with E-state index in [1.54, 1.807) is 29.5 Å². The summed E-state index contributed by atoms with van der Waals surface area (Å²) in [7, 11) is 0. The van der Waals surface area contributed by atoms with Crippen molar-refractivity contribution in [1.82, 2.24) is 25.5 Å². The van der Waals surface area contributed by atoms with Gasteiger partial charge >= 0.3 is 0 Å². The highest BCUT2D eigenvalue weighted by Crippen LogP contribution is 2.26. The molecule has 3 rings (SSSR count). The summed E-state index contributed by atoms with van der Waals surface area (Å²) in [5.41, 5.74) is 0.630. The summed E-state index contributed by atoms with van der Waals surface area (Å²) in [6.07, 6.45) is 1.46. The molecule has 0 saturated heterocycles. The van der Waals surface area contributed by atoms with Crippen LogP contribution in [0.5, 0.6) is 0 Å². The topological polar surface area (TPSA) is 72.7 Å². The van der Waals surface area contributed by atoms with Crippen LogP contribution in [0.25, 0.3) is 5.69 Å². The summed E-state index contributed by atoms with van der Waals surface area (Å²) in [5.74, 6) is -0.225. The first-order chi connectivity index (χ1) is 11.0. The van der Waals surface area contributed by atoms with Gasteiger partial charge in [-0.05, 0) is 53.9 Å². The van der Waals surface area contributed by atoms with Gasteiger partial charge in [-0.1, -0.05) is 17.7 Å². The van der Waals surface area contributed by atoms with Crippen molar-refractivity contribution in [3.05, 3.63) is 57.5 Å². The molecule has 0 fully saturated rings. The van der Waals surface area contributed by atoms with E-state index in [4.69, 9.17) is 11.6 Å². The lowest BCUT2D eigenvalue weighted by atomic mass is 10.0. The zero-order valence-corrected chi connectivity index (χ0v) is 14.1. The van der Waals surface area contributed by atoms with Crippen molar-refractivity contribution in [3.8, 4) is 5.69 Å². The van der Waals surface area contributed by atoms with Crippen LogP contribution in [0, 0.1) is 0 Å². The summed E-state index contributed by atoms with van der Waals surface area (Å²) in [4.78, 5) is 13.6. The predicted molar refractivity (Wildman–Crippen MR) is 89.0 cm³/mol. The first kappa shape index (κ1) is 15.6. The molecule has 118 valence electrons. The molecule has 0 aliphatic rings. The predicted octanol–water partition coefficient (Wildman–Crippen LogP) is 3.04. The average molecular weight is 348 g/mol. The van der Waals surface area contributed by atoms with E-state index < -0.39 is 5.54 Å². The number of amides is 1. The van der Waals surface area contributed by atoms with Gasteiger partial charge in [0.05, 0.1) is 21.8 Å². The van der Waals surface area contributed by atoms with E-state index in [1.165, 1.54) is 11.0 Å².